The third-order valence-electron chi connectivity index (χ3n) is 5.18. The van der Waals surface area contributed by atoms with Gasteiger partial charge >= 0.3 is 0 Å². The topological polar surface area (TPSA) is 79.9 Å². The third-order valence-corrected chi connectivity index (χ3v) is 5.18. The molecule has 3 aromatic heterocycles. The summed E-state index contributed by atoms with van der Waals surface area (Å²) in [5.74, 6) is 8.57. The zero-order valence-corrected chi connectivity index (χ0v) is 17.5. The normalized spacial score (nSPS) is 11.6. The molecular weight excluding hydrogens is 392 g/mol. The van der Waals surface area contributed by atoms with Crippen molar-refractivity contribution in [3.8, 4) is 34.7 Å². The molecule has 31 heavy (non-hydrogen) atoms. The molecular formula is C23H20N6O2. The van der Waals surface area contributed by atoms with Gasteiger partial charge in [0.1, 0.15) is 30.1 Å². The Kier molecular flexibility index (Phi) is 4.73. The summed E-state index contributed by atoms with van der Waals surface area (Å²) in [6, 6.07) is 11.7. The van der Waals surface area contributed by atoms with Crippen molar-refractivity contribution in [3.63, 3.8) is 0 Å². The molecule has 0 bridgehead atoms. The Balaban J connectivity index is 1.68. The van der Waals surface area contributed by atoms with Crippen LogP contribution in [0.25, 0.3) is 17.1 Å². The Bertz CT molecular complexity index is 1340. The van der Waals surface area contributed by atoms with E-state index in [0.29, 0.717) is 24.5 Å². The third kappa shape index (κ3) is 3.35. The molecule has 8 nitrogen and oxygen atoms in total. The maximum atomic E-state index is 5.44. The van der Waals surface area contributed by atoms with Gasteiger partial charge in [0.15, 0.2) is 11.6 Å². The number of nitrogens with zero attached hydrogens (tertiary/aromatic N) is 6. The van der Waals surface area contributed by atoms with E-state index in [1.807, 2.05) is 52.5 Å². The van der Waals surface area contributed by atoms with Crippen LogP contribution in [-0.4, -0.2) is 43.5 Å². The van der Waals surface area contributed by atoms with E-state index in [1.54, 1.807) is 20.5 Å². The minimum atomic E-state index is 0.356. The number of hydrogen-bond acceptors (Lipinski definition) is 6. The number of pyridine rings is 1. The van der Waals surface area contributed by atoms with Gasteiger partial charge in [0.2, 0.25) is 0 Å². The maximum absolute atomic E-state index is 5.44. The van der Waals surface area contributed by atoms with Gasteiger partial charge in [-0.15, -0.1) is 10.2 Å². The molecule has 1 aliphatic heterocycles. The largest absolute Gasteiger partial charge is 0.497 e. The molecule has 8 heteroatoms. The number of aromatic nitrogens is 6. The van der Waals surface area contributed by atoms with Gasteiger partial charge in [0.05, 0.1) is 25.0 Å². The van der Waals surface area contributed by atoms with Gasteiger partial charge in [-0.2, -0.15) is 0 Å². The van der Waals surface area contributed by atoms with Crippen LogP contribution < -0.4 is 4.74 Å². The molecule has 0 aliphatic carbocycles. The van der Waals surface area contributed by atoms with E-state index >= 15 is 0 Å². The molecule has 1 aliphatic rings. The number of imidazole rings is 1. The fourth-order valence-electron chi connectivity index (χ4n) is 3.69. The van der Waals surface area contributed by atoms with Gasteiger partial charge in [-0.25, -0.2) is 9.97 Å². The van der Waals surface area contributed by atoms with Crippen molar-refractivity contribution < 1.29 is 9.47 Å². The molecule has 0 saturated heterocycles. The van der Waals surface area contributed by atoms with Crippen LogP contribution in [0.2, 0.25) is 0 Å². The average molecular weight is 412 g/mol. The van der Waals surface area contributed by atoms with Gasteiger partial charge in [0, 0.05) is 18.4 Å². The van der Waals surface area contributed by atoms with Crippen LogP contribution in [0, 0.1) is 18.8 Å². The van der Waals surface area contributed by atoms with E-state index < -0.39 is 0 Å². The van der Waals surface area contributed by atoms with Crippen LogP contribution in [0.3, 0.4) is 0 Å². The second-order valence-corrected chi connectivity index (χ2v) is 7.17. The fourth-order valence-corrected chi connectivity index (χ4v) is 3.69. The lowest BCUT2D eigenvalue weighted by Gasteiger charge is -2.09. The van der Waals surface area contributed by atoms with E-state index in [-0.39, 0.29) is 0 Å². The van der Waals surface area contributed by atoms with Crippen molar-refractivity contribution >= 4 is 0 Å². The Morgan fingerprint density at radius 1 is 1.10 bits per heavy atom. The van der Waals surface area contributed by atoms with E-state index in [1.165, 1.54) is 0 Å². The number of methoxy groups -OCH3 is 2. The molecule has 0 radical (unpaired) electrons. The van der Waals surface area contributed by atoms with E-state index in [0.717, 1.165) is 40.0 Å². The number of benzene rings is 1. The molecule has 0 saturated carbocycles. The molecule has 0 spiro atoms. The summed E-state index contributed by atoms with van der Waals surface area (Å²) in [5.41, 5.74) is 5.13. The summed E-state index contributed by atoms with van der Waals surface area (Å²) in [4.78, 5) is 9.06. The number of aryl methyl sites for hydroxylation is 1. The standard InChI is InChI=1S/C23H20N6O2/c1-15-5-4-6-16(25-15)7-9-19-21-12-28-22(13-30-2)26-27-23(28)18-11-17(31-3)8-10-20(18)29(21)14-24-19/h4-6,8,10-11,14H,12-13H2,1-3H3. The van der Waals surface area contributed by atoms with Gasteiger partial charge in [-0.1, -0.05) is 6.07 Å². The number of fused-ring (bicyclic) bond motifs is 5. The second kappa shape index (κ2) is 7.70. The summed E-state index contributed by atoms with van der Waals surface area (Å²) >= 11 is 0. The fraction of sp³-hybridized carbons (Fsp3) is 0.217. The molecule has 154 valence electrons. The molecule has 4 heterocycles. The number of rotatable bonds is 3. The van der Waals surface area contributed by atoms with Crippen molar-refractivity contribution in [3.05, 3.63) is 71.3 Å². The first kappa shape index (κ1) is 19.0. The van der Waals surface area contributed by atoms with Gasteiger partial charge in [-0.3, -0.25) is 4.57 Å². The lowest BCUT2D eigenvalue weighted by atomic mass is 10.1. The van der Waals surface area contributed by atoms with Crippen molar-refractivity contribution in [1.29, 1.82) is 0 Å². The second-order valence-electron chi connectivity index (χ2n) is 7.17. The summed E-state index contributed by atoms with van der Waals surface area (Å²) in [5, 5.41) is 8.79. The summed E-state index contributed by atoms with van der Waals surface area (Å²) in [7, 11) is 3.29. The van der Waals surface area contributed by atoms with E-state index in [2.05, 4.69) is 32.0 Å². The lowest BCUT2D eigenvalue weighted by molar-refractivity contribution is 0.174. The van der Waals surface area contributed by atoms with Crippen molar-refractivity contribution in [2.45, 2.75) is 20.1 Å². The van der Waals surface area contributed by atoms with Gasteiger partial charge in [-0.05, 0) is 49.1 Å². The van der Waals surface area contributed by atoms with Crippen LogP contribution in [0.4, 0.5) is 0 Å². The zero-order chi connectivity index (χ0) is 21.4. The highest BCUT2D eigenvalue weighted by Gasteiger charge is 2.26. The Hall–Kier alpha value is -3.96. The molecule has 0 amide bonds. The molecule has 0 unspecified atom stereocenters. The quantitative estimate of drug-likeness (QED) is 0.424. The smallest absolute Gasteiger partial charge is 0.166 e. The lowest BCUT2D eigenvalue weighted by Crippen LogP contribution is -2.09. The zero-order valence-electron chi connectivity index (χ0n) is 17.5. The SMILES string of the molecule is COCc1nnc2n1Cc1c(C#Cc3cccc(C)n3)ncn1-c1ccc(OC)cc1-2. The Morgan fingerprint density at radius 3 is 2.81 bits per heavy atom. The minimum absolute atomic E-state index is 0.356. The first-order valence-electron chi connectivity index (χ1n) is 9.79. The predicted octanol–water partition coefficient (Wildman–Crippen LogP) is 2.75. The van der Waals surface area contributed by atoms with Gasteiger partial charge < -0.3 is 14.0 Å². The highest BCUT2D eigenvalue weighted by Crippen LogP contribution is 2.34. The Labute approximate surface area is 179 Å². The van der Waals surface area contributed by atoms with Crippen LogP contribution in [0.1, 0.15) is 28.6 Å². The summed E-state index contributed by atoms with van der Waals surface area (Å²) < 4.78 is 14.9. The predicted molar refractivity (Wildman–Crippen MR) is 114 cm³/mol. The maximum Gasteiger partial charge on any atom is 0.166 e. The van der Waals surface area contributed by atoms with Crippen LogP contribution >= 0.6 is 0 Å². The molecule has 5 rings (SSSR count). The first-order chi connectivity index (χ1) is 15.2. The molecule has 1 aromatic carbocycles. The monoisotopic (exact) mass is 412 g/mol. The minimum Gasteiger partial charge on any atom is -0.497 e. The van der Waals surface area contributed by atoms with Crippen LogP contribution in [0.15, 0.2) is 42.7 Å². The number of hydrogen-bond donors (Lipinski definition) is 0. The van der Waals surface area contributed by atoms with E-state index in [4.69, 9.17) is 9.47 Å². The highest BCUT2D eigenvalue weighted by atomic mass is 16.5. The van der Waals surface area contributed by atoms with Gasteiger partial charge in [0.25, 0.3) is 0 Å². The van der Waals surface area contributed by atoms with Crippen LogP contribution in [-0.2, 0) is 17.9 Å². The molecule has 0 atom stereocenters. The van der Waals surface area contributed by atoms with Crippen LogP contribution in [0.5, 0.6) is 5.75 Å². The Morgan fingerprint density at radius 2 is 2.00 bits per heavy atom. The highest BCUT2D eigenvalue weighted by molar-refractivity contribution is 5.71. The summed E-state index contributed by atoms with van der Waals surface area (Å²) in [6.07, 6.45) is 1.80. The van der Waals surface area contributed by atoms with Crippen molar-refractivity contribution in [2.24, 2.45) is 0 Å². The molecule has 0 fully saturated rings. The van der Waals surface area contributed by atoms with E-state index in [9.17, 15) is 0 Å². The average Bonchev–Trinajstić information content (AvgIpc) is 3.33. The number of ether oxygens (including phenoxy) is 2. The molecule has 0 N–H and O–H groups in total. The molecule has 4 aromatic rings. The van der Waals surface area contributed by atoms with Crippen molar-refractivity contribution in [2.75, 3.05) is 14.2 Å². The van der Waals surface area contributed by atoms with Crippen molar-refractivity contribution in [1.82, 2.24) is 29.3 Å². The summed E-state index contributed by atoms with van der Waals surface area (Å²) in [6.45, 7) is 2.82. The first-order valence-corrected chi connectivity index (χ1v) is 9.79.